The number of ether oxygens (including phenoxy) is 2. The van der Waals surface area contributed by atoms with E-state index in [9.17, 15) is 4.79 Å². The summed E-state index contributed by atoms with van der Waals surface area (Å²) in [5, 5.41) is 3.58. The van der Waals surface area contributed by atoms with E-state index in [4.69, 9.17) is 9.47 Å². The predicted octanol–water partition coefficient (Wildman–Crippen LogP) is 2.33. The van der Waals surface area contributed by atoms with Crippen molar-refractivity contribution >= 4 is 16.8 Å². The predicted molar refractivity (Wildman–Crippen MR) is 89.9 cm³/mol. The highest BCUT2D eigenvalue weighted by Gasteiger charge is 2.07. The van der Waals surface area contributed by atoms with Crippen LogP contribution in [0.4, 0.5) is 0 Å². The Morgan fingerprint density at radius 3 is 2.88 bits per heavy atom. The summed E-state index contributed by atoms with van der Waals surface area (Å²) < 4.78 is 10.7. The first-order chi connectivity index (χ1) is 11.8. The molecular weight excluding hydrogens is 306 g/mol. The molecule has 24 heavy (non-hydrogen) atoms. The van der Waals surface area contributed by atoms with Crippen LogP contribution in [0.2, 0.25) is 0 Å². The van der Waals surface area contributed by atoms with Gasteiger partial charge in [-0.2, -0.15) is 0 Å². The largest absolute Gasteiger partial charge is 0.497 e. The number of nitrogens with one attached hydrogen (secondary N) is 1. The van der Waals surface area contributed by atoms with Crippen molar-refractivity contribution in [2.45, 2.75) is 6.54 Å². The van der Waals surface area contributed by atoms with E-state index >= 15 is 0 Å². The monoisotopic (exact) mass is 323 g/mol. The van der Waals surface area contributed by atoms with Crippen LogP contribution in [0.15, 0.2) is 54.9 Å². The summed E-state index contributed by atoms with van der Waals surface area (Å²) in [6.07, 6.45) is 1.42. The van der Waals surface area contributed by atoms with Gasteiger partial charge in [0.25, 0.3) is 5.91 Å². The molecule has 3 rings (SSSR count). The van der Waals surface area contributed by atoms with Crippen molar-refractivity contribution in [1.82, 2.24) is 15.3 Å². The second-order valence-corrected chi connectivity index (χ2v) is 5.11. The van der Waals surface area contributed by atoms with Crippen LogP contribution in [0.1, 0.15) is 5.56 Å². The summed E-state index contributed by atoms with van der Waals surface area (Å²) in [6, 6.07) is 15.0. The van der Waals surface area contributed by atoms with E-state index in [1.807, 2.05) is 48.5 Å². The molecule has 0 fully saturated rings. The summed E-state index contributed by atoms with van der Waals surface area (Å²) in [5.41, 5.74) is 1.73. The van der Waals surface area contributed by atoms with Crippen LogP contribution in [0.25, 0.3) is 10.9 Å². The summed E-state index contributed by atoms with van der Waals surface area (Å²) in [4.78, 5) is 20.2. The SMILES string of the molecule is COc1cccc(CNC(=O)COc2ncnc3ccccc23)c1. The van der Waals surface area contributed by atoms with E-state index in [0.717, 1.165) is 22.2 Å². The molecular formula is C18H17N3O3. The second-order valence-electron chi connectivity index (χ2n) is 5.11. The van der Waals surface area contributed by atoms with Gasteiger partial charge in [-0.15, -0.1) is 0 Å². The standard InChI is InChI=1S/C18H17N3O3/c1-23-14-6-4-5-13(9-14)10-19-17(22)11-24-18-15-7-2-3-8-16(15)20-12-21-18/h2-9,12H,10-11H2,1H3,(H,19,22). The van der Waals surface area contributed by atoms with Crippen LogP contribution in [-0.4, -0.2) is 29.6 Å². The van der Waals surface area contributed by atoms with Crippen molar-refractivity contribution in [3.05, 3.63) is 60.4 Å². The first kappa shape index (κ1) is 15.7. The van der Waals surface area contributed by atoms with Crippen LogP contribution in [-0.2, 0) is 11.3 Å². The van der Waals surface area contributed by atoms with Crippen LogP contribution < -0.4 is 14.8 Å². The van der Waals surface area contributed by atoms with Gasteiger partial charge in [-0.25, -0.2) is 9.97 Å². The molecule has 0 aliphatic heterocycles. The average Bonchev–Trinajstić information content (AvgIpc) is 2.64. The Balaban J connectivity index is 1.57. The number of hydrogen-bond donors (Lipinski definition) is 1. The van der Waals surface area contributed by atoms with Gasteiger partial charge in [0.15, 0.2) is 6.61 Å². The molecule has 0 saturated heterocycles. The number of carbonyl (C=O) groups is 1. The molecule has 0 atom stereocenters. The number of methoxy groups -OCH3 is 1. The zero-order valence-corrected chi connectivity index (χ0v) is 13.2. The van der Waals surface area contributed by atoms with Crippen molar-refractivity contribution in [2.24, 2.45) is 0 Å². The van der Waals surface area contributed by atoms with Crippen LogP contribution >= 0.6 is 0 Å². The third kappa shape index (κ3) is 3.78. The Labute approximate surface area is 139 Å². The Kier molecular flexibility index (Phi) is 4.86. The Hall–Kier alpha value is -3.15. The molecule has 122 valence electrons. The van der Waals surface area contributed by atoms with Crippen LogP contribution in [0, 0.1) is 0 Å². The van der Waals surface area contributed by atoms with Gasteiger partial charge in [0.2, 0.25) is 5.88 Å². The van der Waals surface area contributed by atoms with Crippen molar-refractivity contribution in [1.29, 1.82) is 0 Å². The van der Waals surface area contributed by atoms with E-state index in [1.54, 1.807) is 7.11 Å². The lowest BCUT2D eigenvalue weighted by Crippen LogP contribution is -2.28. The number of rotatable bonds is 6. The number of para-hydroxylation sites is 1. The third-order valence-corrected chi connectivity index (χ3v) is 3.47. The van der Waals surface area contributed by atoms with Gasteiger partial charge < -0.3 is 14.8 Å². The number of aromatic nitrogens is 2. The lowest BCUT2D eigenvalue weighted by Gasteiger charge is -2.09. The van der Waals surface area contributed by atoms with Crippen molar-refractivity contribution in [3.63, 3.8) is 0 Å². The molecule has 0 unspecified atom stereocenters. The minimum Gasteiger partial charge on any atom is -0.497 e. The zero-order chi connectivity index (χ0) is 16.8. The molecule has 6 heteroatoms. The maximum atomic E-state index is 12.0. The summed E-state index contributed by atoms with van der Waals surface area (Å²) in [7, 11) is 1.61. The van der Waals surface area contributed by atoms with Gasteiger partial charge in [0, 0.05) is 6.54 Å². The summed E-state index contributed by atoms with van der Waals surface area (Å²) in [5.74, 6) is 0.933. The quantitative estimate of drug-likeness (QED) is 0.754. The second kappa shape index (κ2) is 7.41. The van der Waals surface area contributed by atoms with E-state index < -0.39 is 0 Å². The maximum absolute atomic E-state index is 12.0. The lowest BCUT2D eigenvalue weighted by atomic mass is 10.2. The number of hydrogen-bond acceptors (Lipinski definition) is 5. The fraction of sp³-hybridized carbons (Fsp3) is 0.167. The number of fused-ring (bicyclic) bond motifs is 1. The zero-order valence-electron chi connectivity index (χ0n) is 13.2. The maximum Gasteiger partial charge on any atom is 0.258 e. The lowest BCUT2D eigenvalue weighted by molar-refractivity contribution is -0.123. The number of amides is 1. The summed E-state index contributed by atoms with van der Waals surface area (Å²) >= 11 is 0. The van der Waals surface area contributed by atoms with Crippen LogP contribution in [0.5, 0.6) is 11.6 Å². The van der Waals surface area contributed by atoms with E-state index in [1.165, 1.54) is 6.33 Å². The molecule has 2 aromatic carbocycles. The number of carbonyl (C=O) groups excluding carboxylic acids is 1. The molecule has 1 heterocycles. The van der Waals surface area contributed by atoms with Gasteiger partial charge in [-0.1, -0.05) is 24.3 Å². The fourth-order valence-corrected chi connectivity index (χ4v) is 2.26. The van der Waals surface area contributed by atoms with Gasteiger partial charge in [-0.3, -0.25) is 4.79 Å². The Morgan fingerprint density at radius 2 is 2.00 bits per heavy atom. The molecule has 0 aliphatic rings. The molecule has 1 amide bonds. The highest BCUT2D eigenvalue weighted by Crippen LogP contribution is 2.20. The van der Waals surface area contributed by atoms with Crippen LogP contribution in [0.3, 0.4) is 0 Å². The van der Waals surface area contributed by atoms with Crippen molar-refractivity contribution in [2.75, 3.05) is 13.7 Å². The molecule has 0 aliphatic carbocycles. The van der Waals surface area contributed by atoms with Gasteiger partial charge in [0.1, 0.15) is 12.1 Å². The normalized spacial score (nSPS) is 10.4. The molecule has 1 N–H and O–H groups in total. The Bertz CT molecular complexity index is 846. The van der Waals surface area contributed by atoms with Crippen molar-refractivity contribution in [3.8, 4) is 11.6 Å². The highest BCUT2D eigenvalue weighted by atomic mass is 16.5. The molecule has 0 radical (unpaired) electrons. The van der Waals surface area contributed by atoms with E-state index in [-0.39, 0.29) is 12.5 Å². The van der Waals surface area contributed by atoms with Crippen molar-refractivity contribution < 1.29 is 14.3 Å². The molecule has 3 aromatic rings. The first-order valence-corrected chi connectivity index (χ1v) is 7.48. The third-order valence-electron chi connectivity index (χ3n) is 3.47. The van der Waals surface area contributed by atoms with Gasteiger partial charge in [-0.05, 0) is 29.8 Å². The highest BCUT2D eigenvalue weighted by molar-refractivity contribution is 5.83. The minimum absolute atomic E-state index is 0.106. The first-order valence-electron chi connectivity index (χ1n) is 7.48. The molecule has 0 bridgehead atoms. The summed E-state index contributed by atoms with van der Waals surface area (Å²) in [6.45, 7) is 0.300. The number of benzene rings is 2. The molecule has 0 spiro atoms. The minimum atomic E-state index is -0.222. The van der Waals surface area contributed by atoms with Gasteiger partial charge >= 0.3 is 0 Å². The topological polar surface area (TPSA) is 73.3 Å². The van der Waals surface area contributed by atoms with Gasteiger partial charge in [0.05, 0.1) is 18.0 Å². The van der Waals surface area contributed by atoms with E-state index in [2.05, 4.69) is 15.3 Å². The average molecular weight is 323 g/mol. The molecule has 0 saturated carbocycles. The molecule has 6 nitrogen and oxygen atoms in total. The number of nitrogens with zero attached hydrogens (tertiary/aromatic N) is 2. The fourth-order valence-electron chi connectivity index (χ4n) is 2.26. The van der Waals surface area contributed by atoms with E-state index in [0.29, 0.717) is 12.4 Å². The smallest absolute Gasteiger partial charge is 0.258 e. The Morgan fingerprint density at radius 1 is 1.12 bits per heavy atom. The molecule has 1 aromatic heterocycles.